The molecule has 0 aliphatic carbocycles. The van der Waals surface area contributed by atoms with Crippen LogP contribution in [-0.2, 0) is 14.3 Å². The van der Waals surface area contributed by atoms with Crippen molar-refractivity contribution in [3.8, 4) is 11.5 Å². The number of anilines is 1. The Morgan fingerprint density at radius 2 is 1.90 bits per heavy atom. The summed E-state index contributed by atoms with van der Waals surface area (Å²) in [5.74, 6) is -2.95. The number of carbonyl (C=O) groups excluding carboxylic acids is 3. The second-order valence-electron chi connectivity index (χ2n) is 8.71. The molecule has 200 valence electrons. The molecule has 12 heteroatoms. The minimum atomic E-state index is -1.16. The summed E-state index contributed by atoms with van der Waals surface area (Å²) < 4.78 is 12.0. The first-order valence-electron chi connectivity index (χ1n) is 11.9. The maximum Gasteiger partial charge on any atom is 0.350 e. The molecule has 1 saturated heterocycles. The molecule has 0 radical (unpaired) electrons. The first-order valence-corrected chi connectivity index (χ1v) is 12.8. The van der Waals surface area contributed by atoms with Crippen LogP contribution in [0.4, 0.5) is 5.13 Å². The van der Waals surface area contributed by atoms with Crippen molar-refractivity contribution in [1.82, 2.24) is 14.4 Å². The molecule has 39 heavy (non-hydrogen) atoms. The number of imidazole rings is 1. The highest BCUT2D eigenvalue weighted by molar-refractivity contribution is 7.17. The number of amides is 1. The lowest BCUT2D eigenvalue weighted by Gasteiger charge is -2.23. The molecule has 5 rings (SSSR count). The van der Waals surface area contributed by atoms with E-state index in [0.717, 1.165) is 16.2 Å². The summed E-state index contributed by atoms with van der Waals surface area (Å²) in [6, 6.07) is 8.49. The van der Waals surface area contributed by atoms with Gasteiger partial charge in [-0.05, 0) is 50.6 Å². The number of benzene rings is 1. The molecule has 1 unspecified atom stereocenters. The van der Waals surface area contributed by atoms with Gasteiger partial charge in [0.1, 0.15) is 16.2 Å². The van der Waals surface area contributed by atoms with Crippen molar-refractivity contribution in [2.45, 2.75) is 26.8 Å². The van der Waals surface area contributed by atoms with Crippen molar-refractivity contribution in [3.63, 3.8) is 0 Å². The smallest absolute Gasteiger partial charge is 0.350 e. The number of ketones is 1. The minimum absolute atomic E-state index is 0.0728. The van der Waals surface area contributed by atoms with E-state index in [2.05, 4.69) is 9.97 Å². The maximum atomic E-state index is 13.6. The Morgan fingerprint density at radius 3 is 2.62 bits per heavy atom. The van der Waals surface area contributed by atoms with Crippen molar-refractivity contribution in [2.24, 2.45) is 0 Å². The highest BCUT2D eigenvalue weighted by Crippen LogP contribution is 2.45. The topological polar surface area (TPSA) is 144 Å². The molecule has 1 aliphatic heterocycles. The van der Waals surface area contributed by atoms with Crippen LogP contribution in [0.2, 0.25) is 0 Å². The molecule has 4 aromatic rings. The van der Waals surface area contributed by atoms with Gasteiger partial charge in [0.2, 0.25) is 0 Å². The average Bonchev–Trinajstić information content (AvgIpc) is 3.54. The molecule has 1 amide bonds. The quantitative estimate of drug-likeness (QED) is 0.159. The lowest BCUT2D eigenvalue weighted by Crippen LogP contribution is -2.29. The molecular formula is C27H24N4O7S. The van der Waals surface area contributed by atoms with E-state index in [4.69, 9.17) is 9.47 Å². The number of thiazole rings is 1. The van der Waals surface area contributed by atoms with Gasteiger partial charge in [0, 0.05) is 6.20 Å². The first kappa shape index (κ1) is 25.9. The fraction of sp³-hybridized carbons (Fsp3) is 0.222. The number of aryl methyl sites for hydroxylation is 2. The van der Waals surface area contributed by atoms with Crippen LogP contribution >= 0.6 is 11.3 Å². The third-order valence-electron chi connectivity index (χ3n) is 6.34. The number of aromatic hydroxyl groups is 1. The molecule has 0 saturated carbocycles. The number of phenolic OH excluding ortho intramolecular Hbond substituents is 1. The number of phenols is 1. The summed E-state index contributed by atoms with van der Waals surface area (Å²) in [5.41, 5.74) is 1.73. The van der Waals surface area contributed by atoms with Crippen LogP contribution in [0.25, 0.3) is 11.4 Å². The van der Waals surface area contributed by atoms with Crippen molar-refractivity contribution < 1.29 is 34.1 Å². The molecule has 11 nitrogen and oxygen atoms in total. The lowest BCUT2D eigenvalue weighted by atomic mass is 9.96. The van der Waals surface area contributed by atoms with E-state index in [9.17, 15) is 24.6 Å². The van der Waals surface area contributed by atoms with Crippen LogP contribution in [0.3, 0.4) is 0 Å². The zero-order valence-corrected chi connectivity index (χ0v) is 22.3. The monoisotopic (exact) mass is 548 g/mol. The van der Waals surface area contributed by atoms with Gasteiger partial charge in [0.25, 0.3) is 5.78 Å². The third-order valence-corrected chi connectivity index (χ3v) is 7.48. The van der Waals surface area contributed by atoms with Gasteiger partial charge >= 0.3 is 11.9 Å². The number of ether oxygens (including phenoxy) is 2. The molecule has 0 spiro atoms. The predicted octanol–water partition coefficient (Wildman–Crippen LogP) is 3.92. The van der Waals surface area contributed by atoms with E-state index >= 15 is 0 Å². The van der Waals surface area contributed by atoms with Crippen molar-refractivity contribution in [1.29, 1.82) is 0 Å². The molecule has 1 atom stereocenters. The predicted molar refractivity (Wildman–Crippen MR) is 142 cm³/mol. The number of nitrogens with zero attached hydrogens (tertiary/aromatic N) is 4. The second kappa shape index (κ2) is 9.87. The van der Waals surface area contributed by atoms with E-state index in [1.54, 1.807) is 49.6 Å². The molecule has 1 aromatic carbocycles. The molecule has 0 bridgehead atoms. The van der Waals surface area contributed by atoms with Gasteiger partial charge in [-0.2, -0.15) is 0 Å². The summed E-state index contributed by atoms with van der Waals surface area (Å²) >= 11 is 0.904. The van der Waals surface area contributed by atoms with Crippen molar-refractivity contribution in [3.05, 3.63) is 75.7 Å². The number of aliphatic hydroxyl groups excluding tert-OH is 1. The summed E-state index contributed by atoms with van der Waals surface area (Å²) in [7, 11) is 1.37. The van der Waals surface area contributed by atoms with Gasteiger partial charge in [-0.25, -0.2) is 14.8 Å². The molecule has 4 heterocycles. The fourth-order valence-electron chi connectivity index (χ4n) is 4.61. The summed E-state index contributed by atoms with van der Waals surface area (Å²) in [6.07, 6.45) is 1.69. The molecule has 2 N–H and O–H groups in total. The van der Waals surface area contributed by atoms with Gasteiger partial charge in [-0.15, -0.1) is 0 Å². The van der Waals surface area contributed by atoms with E-state index in [0.29, 0.717) is 22.6 Å². The number of Topliss-reactive ketones (excluding diaryl/α,β-unsaturated/α-hetero) is 1. The standard InChI is InChI=1S/C27H24N4O7S/c1-5-38-26(36)24-14(3)29-27(39-24)31-21(15-9-10-16(32)17(12-15)37-4)19(23(34)25(31)35)22(33)20-13(2)28-18-8-6-7-11-30(18)20/h6-12,21,32-33H,5H2,1-4H3. The van der Waals surface area contributed by atoms with Crippen molar-refractivity contribution >= 4 is 45.5 Å². The van der Waals surface area contributed by atoms with Crippen LogP contribution in [0.1, 0.15) is 45.3 Å². The Morgan fingerprint density at radius 1 is 1.13 bits per heavy atom. The normalized spacial score (nSPS) is 16.7. The van der Waals surface area contributed by atoms with Gasteiger partial charge in [0.15, 0.2) is 22.4 Å². The zero-order chi connectivity index (χ0) is 28.0. The molecule has 1 aliphatic rings. The number of rotatable bonds is 6. The largest absolute Gasteiger partial charge is 0.505 e. The Labute approximate surface area is 226 Å². The maximum absolute atomic E-state index is 13.6. The highest BCUT2D eigenvalue weighted by atomic mass is 32.1. The molecular weight excluding hydrogens is 524 g/mol. The second-order valence-corrected chi connectivity index (χ2v) is 9.68. The number of fused-ring (bicyclic) bond motifs is 1. The SMILES string of the molecule is CCOC(=O)c1sc(N2C(=O)C(=O)C(=C(O)c3c(C)nc4ccccn34)C2c2ccc(O)c(OC)c2)nc1C. The Balaban J connectivity index is 1.76. The van der Waals surface area contributed by atoms with Crippen LogP contribution in [-0.4, -0.2) is 56.0 Å². The fourth-order valence-corrected chi connectivity index (χ4v) is 5.59. The number of hydrogen-bond donors (Lipinski definition) is 2. The third kappa shape index (κ3) is 4.18. The summed E-state index contributed by atoms with van der Waals surface area (Å²) in [4.78, 5) is 49.8. The van der Waals surface area contributed by atoms with E-state index in [-0.39, 0.29) is 39.4 Å². The van der Waals surface area contributed by atoms with E-state index < -0.39 is 29.5 Å². The van der Waals surface area contributed by atoms with E-state index in [1.165, 1.54) is 25.3 Å². The van der Waals surface area contributed by atoms with Gasteiger partial charge in [-0.1, -0.05) is 23.5 Å². The van der Waals surface area contributed by atoms with Crippen LogP contribution in [0.15, 0.2) is 48.2 Å². The Hall–Kier alpha value is -4.71. The summed E-state index contributed by atoms with van der Waals surface area (Å²) in [5, 5.41) is 21.9. The molecule has 3 aromatic heterocycles. The van der Waals surface area contributed by atoms with Gasteiger partial charge in [0.05, 0.1) is 36.7 Å². The first-order chi connectivity index (χ1) is 18.7. The number of carbonyl (C=O) groups is 3. The number of aromatic nitrogens is 3. The number of methoxy groups -OCH3 is 1. The van der Waals surface area contributed by atoms with E-state index in [1.807, 2.05) is 0 Å². The number of esters is 1. The Kier molecular flexibility index (Phi) is 6.56. The average molecular weight is 549 g/mol. The van der Waals surface area contributed by atoms with Gasteiger partial charge < -0.3 is 19.7 Å². The highest BCUT2D eigenvalue weighted by Gasteiger charge is 2.49. The number of hydrogen-bond acceptors (Lipinski definition) is 10. The van der Waals surface area contributed by atoms with Gasteiger partial charge in [-0.3, -0.25) is 18.9 Å². The molecule has 1 fully saturated rings. The summed E-state index contributed by atoms with van der Waals surface area (Å²) in [6.45, 7) is 5.12. The number of pyridine rings is 1. The zero-order valence-electron chi connectivity index (χ0n) is 21.5. The minimum Gasteiger partial charge on any atom is -0.505 e. The Bertz CT molecular complexity index is 1690. The van der Waals surface area contributed by atoms with Crippen LogP contribution in [0.5, 0.6) is 11.5 Å². The van der Waals surface area contributed by atoms with Crippen molar-refractivity contribution in [2.75, 3.05) is 18.6 Å². The van der Waals surface area contributed by atoms with Crippen LogP contribution < -0.4 is 9.64 Å². The van der Waals surface area contributed by atoms with Crippen LogP contribution in [0, 0.1) is 13.8 Å². The number of aliphatic hydroxyl groups is 1. The lowest BCUT2D eigenvalue weighted by molar-refractivity contribution is -0.132.